The van der Waals surface area contributed by atoms with Gasteiger partial charge in [0.2, 0.25) is 0 Å². The van der Waals surface area contributed by atoms with Crippen LogP contribution in [0.2, 0.25) is 0 Å². The van der Waals surface area contributed by atoms with E-state index >= 15 is 0 Å². The van der Waals surface area contributed by atoms with Gasteiger partial charge in [0.05, 0.1) is 0 Å². The Labute approximate surface area is 104 Å². The Kier molecular flexibility index (Phi) is 4.55. The number of likely N-dealkylation sites (tertiary alicyclic amines) is 1. The third-order valence-corrected chi connectivity index (χ3v) is 4.04. The van der Waals surface area contributed by atoms with Gasteiger partial charge in [0.1, 0.15) is 5.54 Å². The van der Waals surface area contributed by atoms with Crippen molar-refractivity contribution in [2.75, 3.05) is 0 Å². The molecule has 100 valence electrons. The van der Waals surface area contributed by atoms with E-state index in [0.717, 1.165) is 6.42 Å². The quantitative estimate of drug-likeness (QED) is 0.772. The summed E-state index contributed by atoms with van der Waals surface area (Å²) >= 11 is 0. The van der Waals surface area contributed by atoms with Crippen LogP contribution in [0, 0.1) is 0 Å². The monoisotopic (exact) mass is 242 g/mol. The molecule has 1 saturated heterocycles. The van der Waals surface area contributed by atoms with Gasteiger partial charge in [-0.2, -0.15) is 0 Å². The van der Waals surface area contributed by atoms with Crippen LogP contribution in [0.25, 0.3) is 0 Å². The van der Waals surface area contributed by atoms with E-state index in [-0.39, 0.29) is 6.04 Å². The van der Waals surface area contributed by atoms with Crippen molar-refractivity contribution < 1.29 is 9.90 Å². The second-order valence-corrected chi connectivity index (χ2v) is 5.71. The standard InChI is InChI=1S/C13H26N2O2/c1-5-11-7-6-9(2)15(11)10(3)8-13(4,14)12(16)17/h9-11H,5-8,14H2,1-4H3,(H,16,17). The minimum atomic E-state index is -1.12. The van der Waals surface area contributed by atoms with Gasteiger partial charge in [-0.3, -0.25) is 9.69 Å². The van der Waals surface area contributed by atoms with Crippen LogP contribution in [-0.2, 0) is 4.79 Å². The summed E-state index contributed by atoms with van der Waals surface area (Å²) in [5, 5.41) is 9.08. The summed E-state index contributed by atoms with van der Waals surface area (Å²) in [6.45, 7) is 8.12. The minimum Gasteiger partial charge on any atom is -0.480 e. The van der Waals surface area contributed by atoms with E-state index in [2.05, 4.69) is 25.7 Å². The number of hydrogen-bond donors (Lipinski definition) is 2. The highest BCUT2D eigenvalue weighted by Crippen LogP contribution is 2.30. The molecule has 1 aliphatic heterocycles. The highest BCUT2D eigenvalue weighted by Gasteiger charge is 2.37. The molecule has 0 aliphatic carbocycles. The number of nitrogens with two attached hydrogens (primary N) is 1. The van der Waals surface area contributed by atoms with E-state index in [1.165, 1.54) is 12.8 Å². The molecule has 0 aromatic carbocycles. The van der Waals surface area contributed by atoms with Gasteiger partial charge in [-0.15, -0.1) is 0 Å². The fourth-order valence-corrected chi connectivity index (χ4v) is 3.11. The second-order valence-electron chi connectivity index (χ2n) is 5.71. The highest BCUT2D eigenvalue weighted by atomic mass is 16.4. The Bertz CT molecular complexity index is 279. The van der Waals surface area contributed by atoms with Gasteiger partial charge in [-0.1, -0.05) is 6.92 Å². The fraction of sp³-hybridized carbons (Fsp3) is 0.923. The van der Waals surface area contributed by atoms with Gasteiger partial charge < -0.3 is 10.8 Å². The first-order chi connectivity index (χ1) is 7.79. The van der Waals surface area contributed by atoms with Crippen molar-refractivity contribution in [3.63, 3.8) is 0 Å². The molecule has 0 bridgehead atoms. The SMILES string of the molecule is CCC1CCC(C)N1C(C)CC(C)(N)C(=O)O. The van der Waals surface area contributed by atoms with Crippen molar-refractivity contribution in [1.29, 1.82) is 0 Å². The molecular formula is C13H26N2O2. The maximum absolute atomic E-state index is 11.1. The van der Waals surface area contributed by atoms with E-state index in [0.29, 0.717) is 18.5 Å². The van der Waals surface area contributed by atoms with Crippen molar-refractivity contribution in [3.8, 4) is 0 Å². The van der Waals surface area contributed by atoms with E-state index in [1.807, 2.05) is 0 Å². The summed E-state index contributed by atoms with van der Waals surface area (Å²) < 4.78 is 0. The molecule has 1 fully saturated rings. The Morgan fingerprint density at radius 3 is 2.65 bits per heavy atom. The van der Waals surface area contributed by atoms with Gasteiger partial charge in [0.15, 0.2) is 0 Å². The topological polar surface area (TPSA) is 66.6 Å². The summed E-state index contributed by atoms with van der Waals surface area (Å²) in [5.74, 6) is -0.913. The molecule has 4 nitrogen and oxygen atoms in total. The number of rotatable bonds is 5. The van der Waals surface area contributed by atoms with Crippen molar-refractivity contribution >= 4 is 5.97 Å². The van der Waals surface area contributed by atoms with Crippen LogP contribution < -0.4 is 5.73 Å². The molecule has 0 aromatic rings. The lowest BCUT2D eigenvalue weighted by Crippen LogP contribution is -2.52. The number of carboxylic acid groups (broad SMARTS) is 1. The number of hydrogen-bond acceptors (Lipinski definition) is 3. The van der Waals surface area contributed by atoms with Crippen molar-refractivity contribution in [2.24, 2.45) is 5.73 Å². The van der Waals surface area contributed by atoms with Crippen LogP contribution in [0.15, 0.2) is 0 Å². The second kappa shape index (κ2) is 5.36. The number of carbonyl (C=O) groups is 1. The third kappa shape index (κ3) is 3.19. The van der Waals surface area contributed by atoms with E-state index < -0.39 is 11.5 Å². The van der Waals surface area contributed by atoms with E-state index in [9.17, 15) is 4.79 Å². The lowest BCUT2D eigenvalue weighted by atomic mass is 9.93. The molecule has 0 radical (unpaired) electrons. The molecule has 3 N–H and O–H groups in total. The zero-order chi connectivity index (χ0) is 13.2. The van der Waals surface area contributed by atoms with Gasteiger partial charge in [0, 0.05) is 18.1 Å². The molecule has 4 heteroatoms. The summed E-state index contributed by atoms with van der Waals surface area (Å²) in [4.78, 5) is 13.5. The van der Waals surface area contributed by atoms with Gasteiger partial charge in [-0.25, -0.2) is 0 Å². The molecule has 1 heterocycles. The highest BCUT2D eigenvalue weighted by molar-refractivity contribution is 5.77. The zero-order valence-corrected chi connectivity index (χ0v) is 11.4. The van der Waals surface area contributed by atoms with Crippen molar-refractivity contribution in [3.05, 3.63) is 0 Å². The molecule has 4 atom stereocenters. The first-order valence-electron chi connectivity index (χ1n) is 6.59. The lowest BCUT2D eigenvalue weighted by molar-refractivity contribution is -0.143. The number of nitrogens with zero attached hydrogens (tertiary/aromatic N) is 1. The molecule has 0 aromatic heterocycles. The smallest absolute Gasteiger partial charge is 0.323 e. The molecule has 0 spiro atoms. The summed E-state index contributed by atoms with van der Waals surface area (Å²) in [6, 6.07) is 1.35. The maximum atomic E-state index is 11.1. The largest absolute Gasteiger partial charge is 0.480 e. The molecule has 0 amide bonds. The molecule has 4 unspecified atom stereocenters. The average molecular weight is 242 g/mol. The Morgan fingerprint density at radius 2 is 2.18 bits per heavy atom. The normalized spacial score (nSPS) is 31.1. The van der Waals surface area contributed by atoms with Crippen LogP contribution in [-0.4, -0.2) is 39.6 Å². The Balaban J connectivity index is 2.69. The van der Waals surface area contributed by atoms with Crippen LogP contribution in [0.3, 0.4) is 0 Å². The first-order valence-corrected chi connectivity index (χ1v) is 6.59. The summed E-state index contributed by atoms with van der Waals surface area (Å²) in [6.07, 6.45) is 4.06. The predicted octanol–water partition coefficient (Wildman–Crippen LogP) is 1.83. The molecule has 1 aliphatic rings. The minimum absolute atomic E-state index is 0.226. The first kappa shape index (κ1) is 14.5. The van der Waals surface area contributed by atoms with Crippen molar-refractivity contribution in [1.82, 2.24) is 4.90 Å². The van der Waals surface area contributed by atoms with E-state index in [4.69, 9.17) is 10.8 Å². The fourth-order valence-electron chi connectivity index (χ4n) is 3.11. The van der Waals surface area contributed by atoms with Crippen LogP contribution in [0.1, 0.15) is 53.4 Å². The predicted molar refractivity (Wildman–Crippen MR) is 68.9 cm³/mol. The average Bonchev–Trinajstić information content (AvgIpc) is 2.58. The Hall–Kier alpha value is -0.610. The summed E-state index contributed by atoms with van der Waals surface area (Å²) in [5.41, 5.74) is 4.71. The molecule has 17 heavy (non-hydrogen) atoms. The van der Waals surface area contributed by atoms with Gasteiger partial charge >= 0.3 is 5.97 Å². The van der Waals surface area contributed by atoms with Crippen LogP contribution in [0.4, 0.5) is 0 Å². The van der Waals surface area contributed by atoms with Gasteiger partial charge in [0.25, 0.3) is 0 Å². The third-order valence-electron chi connectivity index (χ3n) is 4.04. The van der Waals surface area contributed by atoms with Crippen LogP contribution in [0.5, 0.6) is 0 Å². The lowest BCUT2D eigenvalue weighted by Gasteiger charge is -2.36. The molecule has 1 rings (SSSR count). The molecular weight excluding hydrogens is 216 g/mol. The van der Waals surface area contributed by atoms with Crippen molar-refractivity contribution in [2.45, 2.75) is 77.0 Å². The van der Waals surface area contributed by atoms with Gasteiger partial charge in [-0.05, 0) is 46.5 Å². The Morgan fingerprint density at radius 1 is 1.59 bits per heavy atom. The zero-order valence-electron chi connectivity index (χ0n) is 11.4. The maximum Gasteiger partial charge on any atom is 0.323 e. The summed E-state index contributed by atoms with van der Waals surface area (Å²) in [7, 11) is 0. The number of carboxylic acids is 1. The molecule has 0 saturated carbocycles. The van der Waals surface area contributed by atoms with E-state index in [1.54, 1.807) is 6.92 Å². The van der Waals surface area contributed by atoms with Crippen LogP contribution >= 0.6 is 0 Å². The number of aliphatic carboxylic acids is 1.